The Balaban J connectivity index is 2.85. The van der Waals surface area contributed by atoms with Crippen LogP contribution in [0, 0.1) is 0 Å². The van der Waals surface area contributed by atoms with Gasteiger partial charge < -0.3 is 29.9 Å². The lowest BCUT2D eigenvalue weighted by molar-refractivity contribution is -0.283. The van der Waals surface area contributed by atoms with Gasteiger partial charge in [-0.25, -0.2) is 4.79 Å². The molecule has 0 saturated carbocycles. The first-order valence-corrected chi connectivity index (χ1v) is 4.44. The van der Waals surface area contributed by atoms with Crippen LogP contribution in [0.15, 0.2) is 0 Å². The minimum Gasteiger partial charge on any atom is -0.479 e. The number of hydrogen-bond acceptors (Lipinski definition) is 7. The van der Waals surface area contributed by atoms with E-state index in [-0.39, 0.29) is 0 Å². The lowest BCUT2D eigenvalue weighted by atomic mass is 9.99. The highest BCUT2D eigenvalue weighted by Gasteiger charge is 2.48. The minimum atomic E-state index is -1.84. The van der Waals surface area contributed by atoms with Crippen molar-refractivity contribution in [3.05, 3.63) is 0 Å². The average Bonchev–Trinajstić information content (AvgIpc) is 2.17. The molecular weight excluding hydrogens is 224 g/mol. The van der Waals surface area contributed by atoms with Gasteiger partial charge in [-0.2, -0.15) is 0 Å². The van der Waals surface area contributed by atoms with E-state index in [0.717, 1.165) is 6.92 Å². The van der Waals surface area contributed by atoms with E-state index in [2.05, 4.69) is 9.47 Å². The molecule has 1 aliphatic heterocycles. The summed E-state index contributed by atoms with van der Waals surface area (Å²) >= 11 is 0. The number of aliphatic carboxylic acids is 1. The van der Waals surface area contributed by atoms with E-state index in [1.165, 1.54) is 0 Å². The third kappa shape index (κ3) is 2.47. The molecule has 1 saturated heterocycles. The molecule has 1 fully saturated rings. The molecule has 0 unspecified atom stereocenters. The third-order valence-corrected chi connectivity index (χ3v) is 2.11. The van der Waals surface area contributed by atoms with E-state index in [1.807, 2.05) is 0 Å². The van der Waals surface area contributed by atoms with E-state index in [1.54, 1.807) is 0 Å². The summed E-state index contributed by atoms with van der Waals surface area (Å²) < 4.78 is 8.97. The van der Waals surface area contributed by atoms with Gasteiger partial charge in [0, 0.05) is 6.92 Å². The zero-order valence-corrected chi connectivity index (χ0v) is 8.31. The maximum atomic E-state index is 10.7. The van der Waals surface area contributed by atoms with Crippen LogP contribution >= 0.6 is 0 Å². The first kappa shape index (κ1) is 12.8. The molecule has 16 heavy (non-hydrogen) atoms. The Labute approximate surface area is 90.0 Å². The normalized spacial score (nSPS) is 39.1. The van der Waals surface area contributed by atoms with Gasteiger partial charge in [0.2, 0.25) is 0 Å². The van der Waals surface area contributed by atoms with E-state index in [9.17, 15) is 19.8 Å². The Morgan fingerprint density at radius 1 is 1.19 bits per heavy atom. The van der Waals surface area contributed by atoms with Gasteiger partial charge in [0.1, 0.15) is 12.2 Å². The third-order valence-electron chi connectivity index (χ3n) is 2.11. The van der Waals surface area contributed by atoms with Gasteiger partial charge in [0.05, 0.1) is 0 Å². The number of aliphatic hydroxyl groups is 3. The van der Waals surface area contributed by atoms with Crippen molar-refractivity contribution in [2.75, 3.05) is 0 Å². The van der Waals surface area contributed by atoms with Crippen molar-refractivity contribution in [3.8, 4) is 0 Å². The molecule has 5 atom stereocenters. The summed E-state index contributed by atoms with van der Waals surface area (Å²) in [5.41, 5.74) is 0. The minimum absolute atomic E-state index is 0.818. The first-order chi connectivity index (χ1) is 7.34. The number of carbonyl (C=O) groups excluding carboxylic acids is 1. The van der Waals surface area contributed by atoms with Crippen LogP contribution in [0.4, 0.5) is 0 Å². The molecular formula is C8H12O8. The number of carbonyl (C=O) groups is 2. The van der Waals surface area contributed by atoms with Crippen LogP contribution in [-0.4, -0.2) is 63.1 Å². The van der Waals surface area contributed by atoms with E-state index in [0.29, 0.717) is 0 Å². The van der Waals surface area contributed by atoms with Gasteiger partial charge in [-0.3, -0.25) is 4.79 Å². The van der Waals surface area contributed by atoms with Crippen LogP contribution in [0.25, 0.3) is 0 Å². The highest BCUT2D eigenvalue weighted by Crippen LogP contribution is 2.22. The maximum absolute atomic E-state index is 10.7. The predicted molar refractivity (Wildman–Crippen MR) is 46.1 cm³/mol. The molecule has 0 radical (unpaired) electrons. The Bertz CT molecular complexity index is 290. The fraction of sp³-hybridized carbons (Fsp3) is 0.750. The van der Waals surface area contributed by atoms with Crippen LogP contribution in [-0.2, 0) is 19.1 Å². The molecule has 0 aromatic carbocycles. The van der Waals surface area contributed by atoms with Crippen LogP contribution in [0.5, 0.6) is 0 Å². The molecule has 0 aromatic heterocycles. The molecule has 0 aromatic rings. The Kier molecular flexibility index (Phi) is 3.81. The highest BCUT2D eigenvalue weighted by atomic mass is 16.7. The lowest BCUT2D eigenvalue weighted by Crippen LogP contribution is -2.60. The number of aliphatic hydroxyl groups excluding tert-OH is 3. The Morgan fingerprint density at radius 3 is 2.19 bits per heavy atom. The summed E-state index contributed by atoms with van der Waals surface area (Å²) in [7, 11) is 0. The number of carboxylic acid groups (broad SMARTS) is 1. The summed E-state index contributed by atoms with van der Waals surface area (Å²) in [5.74, 6) is -2.35. The molecule has 4 N–H and O–H groups in total. The first-order valence-electron chi connectivity index (χ1n) is 4.44. The summed E-state index contributed by atoms with van der Waals surface area (Å²) in [6, 6.07) is 0. The molecule has 92 valence electrons. The highest BCUT2D eigenvalue weighted by molar-refractivity contribution is 5.73. The molecule has 0 amide bonds. The average molecular weight is 236 g/mol. The second-order valence-corrected chi connectivity index (χ2v) is 3.34. The van der Waals surface area contributed by atoms with Crippen LogP contribution < -0.4 is 0 Å². The van der Waals surface area contributed by atoms with Crippen molar-refractivity contribution in [3.63, 3.8) is 0 Å². The fourth-order valence-corrected chi connectivity index (χ4v) is 1.38. The maximum Gasteiger partial charge on any atom is 0.335 e. The summed E-state index contributed by atoms with van der Waals surface area (Å²) in [6.07, 6.45) is -8.59. The molecule has 1 rings (SSSR count). The Morgan fingerprint density at radius 2 is 1.75 bits per heavy atom. The van der Waals surface area contributed by atoms with Crippen LogP contribution in [0.3, 0.4) is 0 Å². The molecule has 0 aliphatic carbocycles. The largest absolute Gasteiger partial charge is 0.479 e. The lowest BCUT2D eigenvalue weighted by Gasteiger charge is -2.38. The smallest absolute Gasteiger partial charge is 0.335 e. The van der Waals surface area contributed by atoms with Gasteiger partial charge in [-0.1, -0.05) is 0 Å². The van der Waals surface area contributed by atoms with Crippen molar-refractivity contribution in [1.82, 2.24) is 0 Å². The summed E-state index contributed by atoms with van der Waals surface area (Å²) in [5, 5.41) is 36.6. The summed E-state index contributed by atoms with van der Waals surface area (Å²) in [4.78, 5) is 21.3. The second-order valence-electron chi connectivity index (χ2n) is 3.34. The number of carboxylic acids is 1. The zero-order chi connectivity index (χ0) is 12.5. The van der Waals surface area contributed by atoms with Crippen molar-refractivity contribution in [2.24, 2.45) is 0 Å². The van der Waals surface area contributed by atoms with Gasteiger partial charge >= 0.3 is 11.9 Å². The van der Waals surface area contributed by atoms with Crippen LogP contribution in [0.2, 0.25) is 0 Å². The number of esters is 1. The summed E-state index contributed by atoms with van der Waals surface area (Å²) in [6.45, 7) is 1.02. The number of rotatable bonds is 2. The molecule has 1 aliphatic rings. The topological polar surface area (TPSA) is 134 Å². The van der Waals surface area contributed by atoms with Crippen molar-refractivity contribution in [1.29, 1.82) is 0 Å². The van der Waals surface area contributed by atoms with E-state index < -0.39 is 42.6 Å². The van der Waals surface area contributed by atoms with Gasteiger partial charge in [0.25, 0.3) is 0 Å². The van der Waals surface area contributed by atoms with Gasteiger partial charge in [-0.05, 0) is 0 Å². The molecule has 8 nitrogen and oxygen atoms in total. The predicted octanol–water partition coefficient (Wildman–Crippen LogP) is -2.56. The van der Waals surface area contributed by atoms with Crippen molar-refractivity contribution < 1.29 is 39.5 Å². The van der Waals surface area contributed by atoms with E-state index >= 15 is 0 Å². The number of hydrogen-bond donors (Lipinski definition) is 4. The van der Waals surface area contributed by atoms with Gasteiger partial charge in [0.15, 0.2) is 18.5 Å². The standard InChI is InChI=1S/C8H12O8/c1-2(9)15-5-3(10)6(7(12)13)16-8(14)4(5)11/h3-6,8,10-11,14H,1H3,(H,12,13)/t3-,4+,5-,6-,8+/m0/s1. The second kappa shape index (κ2) is 4.74. The van der Waals surface area contributed by atoms with Gasteiger partial charge in [-0.15, -0.1) is 0 Å². The SMILES string of the molecule is CC(=O)O[C@@H]1[C@@H](O)[C@H](O)O[C@H](C(=O)O)[C@H]1O. The molecule has 0 bridgehead atoms. The van der Waals surface area contributed by atoms with Crippen molar-refractivity contribution in [2.45, 2.75) is 37.6 Å². The Hall–Kier alpha value is -1.22. The van der Waals surface area contributed by atoms with Crippen LogP contribution in [0.1, 0.15) is 6.92 Å². The van der Waals surface area contributed by atoms with Crippen molar-refractivity contribution >= 4 is 11.9 Å². The quantitative estimate of drug-likeness (QED) is 0.385. The molecule has 0 spiro atoms. The zero-order valence-electron chi connectivity index (χ0n) is 8.31. The molecule has 8 heteroatoms. The fourth-order valence-electron chi connectivity index (χ4n) is 1.38. The monoisotopic (exact) mass is 236 g/mol. The molecule has 1 heterocycles. The number of ether oxygens (including phenoxy) is 2. The van der Waals surface area contributed by atoms with E-state index in [4.69, 9.17) is 10.2 Å².